The molecule has 8 heteroatoms. The quantitative estimate of drug-likeness (QED) is 0.745. The molecule has 1 aromatic carbocycles. The van der Waals surface area contributed by atoms with Crippen molar-refractivity contribution in [2.45, 2.75) is 0 Å². The van der Waals surface area contributed by atoms with Crippen LogP contribution in [0.15, 0.2) is 36.7 Å². The maximum absolute atomic E-state index is 13.3. The summed E-state index contributed by atoms with van der Waals surface area (Å²) in [4.78, 5) is 19.2. The third kappa shape index (κ3) is 3.36. The highest BCUT2D eigenvalue weighted by Crippen LogP contribution is 2.31. The number of rotatable bonds is 3. The number of aromatic nitrogens is 2. The van der Waals surface area contributed by atoms with Gasteiger partial charge < -0.3 is 19.5 Å². The van der Waals surface area contributed by atoms with Gasteiger partial charge in [-0.25, -0.2) is 9.37 Å². The Balaban J connectivity index is 1.73. The van der Waals surface area contributed by atoms with Crippen LogP contribution in [0, 0.1) is 5.82 Å². The number of pyridine rings is 1. The van der Waals surface area contributed by atoms with E-state index in [0.29, 0.717) is 43.4 Å². The summed E-state index contributed by atoms with van der Waals surface area (Å²) in [6, 6.07) is 6.01. The highest BCUT2D eigenvalue weighted by molar-refractivity contribution is 6.33. The van der Waals surface area contributed by atoms with E-state index >= 15 is 0 Å². The molecule has 140 valence electrons. The molecule has 2 aromatic heterocycles. The topological polar surface area (TPSA) is 59.4 Å². The normalized spacial score (nSPS) is 14.6. The summed E-state index contributed by atoms with van der Waals surface area (Å²) >= 11 is 6.11. The second-order valence-electron chi connectivity index (χ2n) is 6.36. The van der Waals surface area contributed by atoms with Crippen LogP contribution >= 0.6 is 11.6 Å². The largest absolute Gasteiger partial charge is 0.378 e. The molecule has 4 rings (SSSR count). The van der Waals surface area contributed by atoms with E-state index in [0.717, 1.165) is 10.9 Å². The van der Waals surface area contributed by atoms with Crippen molar-refractivity contribution < 1.29 is 13.9 Å². The molecule has 1 aliphatic rings. The van der Waals surface area contributed by atoms with E-state index < -0.39 is 5.82 Å². The zero-order chi connectivity index (χ0) is 19.0. The number of ether oxygens (including phenoxy) is 1. The van der Waals surface area contributed by atoms with Crippen LogP contribution < -0.4 is 5.32 Å². The van der Waals surface area contributed by atoms with Crippen molar-refractivity contribution in [1.82, 2.24) is 14.5 Å². The molecule has 1 saturated heterocycles. The number of nitrogens with one attached hydrogen (secondary N) is 1. The highest BCUT2D eigenvalue weighted by Gasteiger charge is 2.23. The van der Waals surface area contributed by atoms with E-state index in [1.54, 1.807) is 17.2 Å². The molecule has 0 radical (unpaired) electrons. The number of anilines is 2. The number of amides is 1. The van der Waals surface area contributed by atoms with Gasteiger partial charge in [-0.15, -0.1) is 0 Å². The van der Waals surface area contributed by atoms with Crippen molar-refractivity contribution in [2.75, 3.05) is 31.6 Å². The molecule has 1 aliphatic heterocycles. The second-order valence-corrected chi connectivity index (χ2v) is 6.77. The van der Waals surface area contributed by atoms with Crippen molar-refractivity contribution in [3.05, 3.63) is 53.1 Å². The predicted octanol–water partition coefficient (Wildman–Crippen LogP) is 3.58. The van der Waals surface area contributed by atoms with Gasteiger partial charge in [-0.1, -0.05) is 11.6 Å². The van der Waals surface area contributed by atoms with Crippen molar-refractivity contribution in [1.29, 1.82) is 0 Å². The van der Waals surface area contributed by atoms with Crippen LogP contribution in [0.4, 0.5) is 15.9 Å². The molecule has 6 nitrogen and oxygen atoms in total. The molecule has 27 heavy (non-hydrogen) atoms. The SMILES string of the molecule is Cn1ccc2c(Nc3ccc(F)cc3Cl)ncc(C(=O)N3CCOCC3)c21. The Kier molecular flexibility index (Phi) is 4.72. The lowest BCUT2D eigenvalue weighted by molar-refractivity contribution is 0.0303. The minimum Gasteiger partial charge on any atom is -0.378 e. The first-order valence-corrected chi connectivity index (χ1v) is 8.95. The number of morpholine rings is 1. The number of aryl methyl sites for hydroxylation is 1. The molecule has 0 spiro atoms. The Morgan fingerprint density at radius 2 is 2.07 bits per heavy atom. The Hall–Kier alpha value is -2.64. The number of halogens is 2. The number of hydrogen-bond acceptors (Lipinski definition) is 4. The fraction of sp³-hybridized carbons (Fsp3) is 0.263. The molecule has 1 fully saturated rings. The fourth-order valence-corrected chi connectivity index (χ4v) is 3.44. The van der Waals surface area contributed by atoms with Gasteiger partial charge in [-0.3, -0.25) is 4.79 Å². The number of fused-ring (bicyclic) bond motifs is 1. The number of carbonyl (C=O) groups is 1. The van der Waals surface area contributed by atoms with Crippen LogP contribution in [-0.4, -0.2) is 46.7 Å². The Labute approximate surface area is 160 Å². The van der Waals surface area contributed by atoms with Crippen molar-refractivity contribution in [3.8, 4) is 0 Å². The van der Waals surface area contributed by atoms with Crippen LogP contribution in [-0.2, 0) is 11.8 Å². The lowest BCUT2D eigenvalue weighted by Gasteiger charge is -2.27. The van der Waals surface area contributed by atoms with Gasteiger partial charge in [-0.2, -0.15) is 0 Å². The number of benzene rings is 1. The smallest absolute Gasteiger partial charge is 0.257 e. The molecule has 3 heterocycles. The monoisotopic (exact) mass is 388 g/mol. The fourth-order valence-electron chi connectivity index (χ4n) is 3.23. The Morgan fingerprint density at radius 1 is 1.30 bits per heavy atom. The van der Waals surface area contributed by atoms with E-state index in [4.69, 9.17) is 16.3 Å². The van der Waals surface area contributed by atoms with Gasteiger partial charge in [0.2, 0.25) is 0 Å². The first kappa shape index (κ1) is 17.8. The average molecular weight is 389 g/mol. The van der Waals surface area contributed by atoms with Crippen molar-refractivity contribution in [3.63, 3.8) is 0 Å². The van der Waals surface area contributed by atoms with Gasteiger partial charge in [0.05, 0.1) is 35.0 Å². The first-order valence-electron chi connectivity index (χ1n) is 8.58. The Bertz CT molecular complexity index is 1010. The second kappa shape index (κ2) is 7.17. The average Bonchev–Trinajstić information content (AvgIpc) is 3.07. The van der Waals surface area contributed by atoms with E-state index in [9.17, 15) is 9.18 Å². The summed E-state index contributed by atoms with van der Waals surface area (Å²) in [7, 11) is 1.88. The molecular weight excluding hydrogens is 371 g/mol. The zero-order valence-corrected chi connectivity index (χ0v) is 15.5. The molecule has 3 aromatic rings. The molecule has 0 saturated carbocycles. The minimum atomic E-state index is -0.408. The number of nitrogens with zero attached hydrogens (tertiary/aromatic N) is 3. The third-order valence-electron chi connectivity index (χ3n) is 4.62. The lowest BCUT2D eigenvalue weighted by atomic mass is 10.1. The maximum atomic E-state index is 13.3. The van der Waals surface area contributed by atoms with Crippen LogP contribution in [0.2, 0.25) is 5.02 Å². The predicted molar refractivity (Wildman–Crippen MR) is 102 cm³/mol. The summed E-state index contributed by atoms with van der Waals surface area (Å²) in [6.45, 7) is 2.21. The van der Waals surface area contributed by atoms with Crippen LogP contribution in [0.1, 0.15) is 10.4 Å². The van der Waals surface area contributed by atoms with Gasteiger partial charge in [0, 0.05) is 37.9 Å². The summed E-state index contributed by atoms with van der Waals surface area (Å²) in [5.74, 6) is 0.0800. The summed E-state index contributed by atoms with van der Waals surface area (Å²) in [6.07, 6.45) is 3.44. The highest BCUT2D eigenvalue weighted by atomic mass is 35.5. The van der Waals surface area contributed by atoms with Gasteiger partial charge in [-0.05, 0) is 24.3 Å². The molecule has 0 bridgehead atoms. The summed E-state index contributed by atoms with van der Waals surface area (Å²) < 4.78 is 20.5. The molecule has 0 unspecified atom stereocenters. The summed E-state index contributed by atoms with van der Waals surface area (Å²) in [5, 5.41) is 4.18. The van der Waals surface area contributed by atoms with Gasteiger partial charge >= 0.3 is 0 Å². The van der Waals surface area contributed by atoms with E-state index in [2.05, 4.69) is 10.3 Å². The molecular formula is C19H18ClFN4O2. The number of carbonyl (C=O) groups excluding carboxylic acids is 1. The van der Waals surface area contributed by atoms with Crippen LogP contribution in [0.25, 0.3) is 10.9 Å². The standard InChI is InChI=1S/C19H18ClFN4O2/c1-24-5-4-13-17(24)14(19(26)25-6-8-27-9-7-25)11-22-18(13)23-16-3-2-12(21)10-15(16)20/h2-5,10-11H,6-9H2,1H3,(H,22,23). The lowest BCUT2D eigenvalue weighted by Crippen LogP contribution is -2.40. The molecule has 1 N–H and O–H groups in total. The number of hydrogen-bond donors (Lipinski definition) is 1. The third-order valence-corrected chi connectivity index (χ3v) is 4.93. The van der Waals surface area contributed by atoms with E-state index in [1.807, 2.05) is 23.9 Å². The van der Waals surface area contributed by atoms with Gasteiger partial charge in [0.15, 0.2) is 0 Å². The van der Waals surface area contributed by atoms with Crippen LogP contribution in [0.3, 0.4) is 0 Å². The maximum Gasteiger partial charge on any atom is 0.257 e. The van der Waals surface area contributed by atoms with E-state index in [-0.39, 0.29) is 10.9 Å². The molecule has 1 amide bonds. The Morgan fingerprint density at radius 3 is 2.81 bits per heavy atom. The summed E-state index contributed by atoms with van der Waals surface area (Å²) in [5.41, 5.74) is 1.86. The van der Waals surface area contributed by atoms with Crippen molar-refractivity contribution >= 4 is 39.9 Å². The van der Waals surface area contributed by atoms with Crippen LogP contribution in [0.5, 0.6) is 0 Å². The zero-order valence-electron chi connectivity index (χ0n) is 14.7. The van der Waals surface area contributed by atoms with Crippen molar-refractivity contribution in [2.24, 2.45) is 7.05 Å². The minimum absolute atomic E-state index is 0.0658. The first-order chi connectivity index (χ1) is 13.0. The van der Waals surface area contributed by atoms with E-state index in [1.165, 1.54) is 12.1 Å². The van der Waals surface area contributed by atoms with Gasteiger partial charge in [0.25, 0.3) is 5.91 Å². The van der Waals surface area contributed by atoms with Gasteiger partial charge in [0.1, 0.15) is 11.6 Å². The molecule has 0 atom stereocenters. The molecule has 0 aliphatic carbocycles.